The summed E-state index contributed by atoms with van der Waals surface area (Å²) >= 11 is 0. The Labute approximate surface area is 144 Å². The first-order chi connectivity index (χ1) is 12.0. The second-order valence-corrected chi connectivity index (χ2v) is 5.71. The maximum absolute atomic E-state index is 12.9. The Balaban J connectivity index is 1.66. The normalized spacial score (nSPS) is 13.0. The highest BCUT2D eigenvalue weighted by molar-refractivity contribution is 5.99. The summed E-state index contributed by atoms with van der Waals surface area (Å²) in [5, 5.41) is 5.37. The van der Waals surface area contributed by atoms with Crippen molar-refractivity contribution in [3.63, 3.8) is 0 Å². The molecule has 0 radical (unpaired) electrons. The standard InChI is InChI=1S/C18H18FN3O3/c1-25-18(24)22-9-8-12-2-5-16(10-13(12)11-22)21-17(23)20-15-6-3-14(19)4-7-15/h2-7,10H,8-9,11H2,1H3,(H2,20,21,23). The molecule has 1 aliphatic rings. The van der Waals surface area contributed by atoms with Crippen molar-refractivity contribution >= 4 is 23.5 Å². The molecule has 6 nitrogen and oxygen atoms in total. The Morgan fingerprint density at radius 3 is 2.44 bits per heavy atom. The number of nitrogens with zero attached hydrogens (tertiary/aromatic N) is 1. The van der Waals surface area contributed by atoms with Crippen molar-refractivity contribution in [1.29, 1.82) is 0 Å². The largest absolute Gasteiger partial charge is 0.453 e. The Hall–Kier alpha value is -3.09. The van der Waals surface area contributed by atoms with Gasteiger partial charge in [-0.05, 0) is 53.9 Å². The summed E-state index contributed by atoms with van der Waals surface area (Å²) in [6, 6.07) is 10.7. The molecule has 7 heteroatoms. The van der Waals surface area contributed by atoms with Crippen LogP contribution in [0, 0.1) is 5.82 Å². The minimum Gasteiger partial charge on any atom is -0.453 e. The summed E-state index contributed by atoms with van der Waals surface area (Å²) in [7, 11) is 1.36. The van der Waals surface area contributed by atoms with Crippen molar-refractivity contribution < 1.29 is 18.7 Å². The number of nitrogens with one attached hydrogen (secondary N) is 2. The molecule has 25 heavy (non-hydrogen) atoms. The lowest BCUT2D eigenvalue weighted by Crippen LogP contribution is -2.35. The van der Waals surface area contributed by atoms with E-state index in [2.05, 4.69) is 10.6 Å². The molecule has 3 amide bonds. The van der Waals surface area contributed by atoms with Gasteiger partial charge in [-0.2, -0.15) is 0 Å². The summed E-state index contributed by atoms with van der Waals surface area (Å²) in [4.78, 5) is 25.3. The first-order valence-electron chi connectivity index (χ1n) is 7.83. The Morgan fingerprint density at radius 2 is 1.72 bits per heavy atom. The molecule has 0 spiro atoms. The zero-order chi connectivity index (χ0) is 17.8. The van der Waals surface area contributed by atoms with E-state index >= 15 is 0 Å². The van der Waals surface area contributed by atoms with Crippen molar-refractivity contribution in [3.05, 3.63) is 59.4 Å². The third-order valence-corrected chi connectivity index (χ3v) is 4.01. The molecular formula is C18H18FN3O3. The van der Waals surface area contributed by atoms with Crippen LogP contribution in [-0.4, -0.2) is 30.7 Å². The number of amides is 3. The van der Waals surface area contributed by atoms with Crippen molar-refractivity contribution in [1.82, 2.24) is 4.90 Å². The van der Waals surface area contributed by atoms with Crippen LogP contribution in [0.4, 0.5) is 25.4 Å². The van der Waals surface area contributed by atoms with E-state index in [0.717, 1.165) is 17.5 Å². The third kappa shape index (κ3) is 4.06. The number of halogens is 1. The predicted octanol–water partition coefficient (Wildman–Crippen LogP) is 3.59. The highest BCUT2D eigenvalue weighted by Gasteiger charge is 2.21. The molecule has 0 atom stereocenters. The van der Waals surface area contributed by atoms with Crippen molar-refractivity contribution in [2.45, 2.75) is 13.0 Å². The highest BCUT2D eigenvalue weighted by atomic mass is 19.1. The van der Waals surface area contributed by atoms with E-state index in [-0.39, 0.29) is 11.9 Å². The molecular weight excluding hydrogens is 325 g/mol. The van der Waals surface area contributed by atoms with Gasteiger partial charge in [0.1, 0.15) is 5.82 Å². The van der Waals surface area contributed by atoms with E-state index in [4.69, 9.17) is 4.74 Å². The molecule has 130 valence electrons. The highest BCUT2D eigenvalue weighted by Crippen LogP contribution is 2.23. The van der Waals surface area contributed by atoms with E-state index in [1.165, 1.54) is 31.4 Å². The molecule has 1 heterocycles. The molecule has 0 aliphatic carbocycles. The van der Waals surface area contributed by atoms with Crippen molar-refractivity contribution in [2.24, 2.45) is 0 Å². The fourth-order valence-electron chi connectivity index (χ4n) is 2.75. The van der Waals surface area contributed by atoms with E-state index in [1.807, 2.05) is 18.2 Å². The van der Waals surface area contributed by atoms with Gasteiger partial charge in [0.15, 0.2) is 0 Å². The fraction of sp³-hybridized carbons (Fsp3) is 0.222. The molecule has 0 saturated heterocycles. The van der Waals surface area contributed by atoms with Gasteiger partial charge in [0, 0.05) is 24.5 Å². The van der Waals surface area contributed by atoms with Gasteiger partial charge in [-0.15, -0.1) is 0 Å². The van der Waals surface area contributed by atoms with Crippen molar-refractivity contribution in [2.75, 3.05) is 24.3 Å². The molecule has 2 aromatic carbocycles. The minimum absolute atomic E-state index is 0.363. The number of methoxy groups -OCH3 is 1. The van der Waals surface area contributed by atoms with Crippen LogP contribution in [0.1, 0.15) is 11.1 Å². The molecule has 0 aromatic heterocycles. The molecule has 0 saturated carbocycles. The molecule has 2 aromatic rings. The first-order valence-corrected chi connectivity index (χ1v) is 7.83. The van der Waals surface area contributed by atoms with Gasteiger partial charge in [0.2, 0.25) is 0 Å². The molecule has 3 rings (SSSR count). The smallest absolute Gasteiger partial charge is 0.409 e. The topological polar surface area (TPSA) is 70.7 Å². The van der Waals surface area contributed by atoms with Crippen LogP contribution in [0.25, 0.3) is 0 Å². The number of hydrogen-bond acceptors (Lipinski definition) is 3. The second-order valence-electron chi connectivity index (χ2n) is 5.71. The number of fused-ring (bicyclic) bond motifs is 1. The lowest BCUT2D eigenvalue weighted by molar-refractivity contribution is 0.118. The van der Waals surface area contributed by atoms with Crippen molar-refractivity contribution in [3.8, 4) is 0 Å². The molecule has 2 N–H and O–H groups in total. The van der Waals surface area contributed by atoms with Gasteiger partial charge >= 0.3 is 12.1 Å². The lowest BCUT2D eigenvalue weighted by Gasteiger charge is -2.28. The number of ether oxygens (including phenoxy) is 1. The second kappa shape index (κ2) is 7.21. The Bertz CT molecular complexity index is 793. The Morgan fingerprint density at radius 1 is 1.04 bits per heavy atom. The van der Waals surface area contributed by atoms with Crippen LogP contribution >= 0.6 is 0 Å². The van der Waals surface area contributed by atoms with Crippen LogP contribution in [0.2, 0.25) is 0 Å². The first kappa shape index (κ1) is 16.8. The lowest BCUT2D eigenvalue weighted by atomic mass is 9.99. The summed E-state index contributed by atoms with van der Waals surface area (Å²) < 4.78 is 17.6. The molecule has 1 aliphatic heterocycles. The van der Waals surface area contributed by atoms with Crippen LogP contribution in [0.5, 0.6) is 0 Å². The van der Waals surface area contributed by atoms with Gasteiger partial charge in [0.05, 0.1) is 7.11 Å². The molecule has 0 unspecified atom stereocenters. The number of hydrogen-bond donors (Lipinski definition) is 2. The predicted molar refractivity (Wildman–Crippen MR) is 92.0 cm³/mol. The number of urea groups is 1. The van der Waals surface area contributed by atoms with Crippen LogP contribution in [-0.2, 0) is 17.7 Å². The number of carbonyl (C=O) groups excluding carboxylic acids is 2. The zero-order valence-electron chi connectivity index (χ0n) is 13.7. The van der Waals surface area contributed by atoms with Crippen LogP contribution in [0.3, 0.4) is 0 Å². The molecule has 0 fully saturated rings. The number of anilines is 2. The van der Waals surface area contributed by atoms with Gasteiger partial charge in [0.25, 0.3) is 0 Å². The SMILES string of the molecule is COC(=O)N1CCc2ccc(NC(=O)Nc3ccc(F)cc3)cc2C1. The average molecular weight is 343 g/mol. The fourth-order valence-corrected chi connectivity index (χ4v) is 2.75. The quantitative estimate of drug-likeness (QED) is 0.875. The minimum atomic E-state index is -0.424. The van der Waals surface area contributed by atoms with E-state index in [9.17, 15) is 14.0 Å². The van der Waals surface area contributed by atoms with Gasteiger partial charge in [-0.25, -0.2) is 14.0 Å². The number of benzene rings is 2. The molecule has 0 bridgehead atoms. The third-order valence-electron chi connectivity index (χ3n) is 4.01. The maximum Gasteiger partial charge on any atom is 0.409 e. The average Bonchev–Trinajstić information content (AvgIpc) is 2.62. The maximum atomic E-state index is 12.9. The van der Waals surface area contributed by atoms with E-state index in [1.54, 1.807) is 4.90 Å². The van der Waals surface area contributed by atoms with Crippen LogP contribution in [0.15, 0.2) is 42.5 Å². The summed E-state index contributed by atoms with van der Waals surface area (Å²) in [5.41, 5.74) is 3.22. The monoisotopic (exact) mass is 343 g/mol. The summed E-state index contributed by atoms with van der Waals surface area (Å²) in [5.74, 6) is -0.365. The van der Waals surface area contributed by atoms with E-state index in [0.29, 0.717) is 24.5 Å². The summed E-state index contributed by atoms with van der Waals surface area (Å²) in [6.07, 6.45) is 0.380. The van der Waals surface area contributed by atoms with Gasteiger partial charge < -0.3 is 20.3 Å². The van der Waals surface area contributed by atoms with Gasteiger partial charge in [-0.1, -0.05) is 6.07 Å². The Kier molecular flexibility index (Phi) is 4.83. The summed E-state index contributed by atoms with van der Waals surface area (Å²) in [6.45, 7) is 1.05. The van der Waals surface area contributed by atoms with E-state index < -0.39 is 6.03 Å². The van der Waals surface area contributed by atoms with Gasteiger partial charge in [-0.3, -0.25) is 0 Å². The number of carbonyl (C=O) groups is 2. The van der Waals surface area contributed by atoms with Crippen LogP contribution < -0.4 is 10.6 Å². The zero-order valence-corrected chi connectivity index (χ0v) is 13.7. The number of rotatable bonds is 2.